The highest BCUT2D eigenvalue weighted by Gasteiger charge is 2.39. The standard InChI is InChI=1S/C21H24N2O3/c1-13-5-9-17(10-6-13)26-12-11-23-20-15(3)8-7-14(2)18(20)19(21(23)25)22-16(4)24/h5-10,19H,11-12H2,1-4H3,(H,22,24)/t19-/m1/s1. The van der Waals surface area contributed by atoms with E-state index in [1.54, 1.807) is 4.90 Å². The van der Waals surface area contributed by atoms with E-state index in [9.17, 15) is 9.59 Å². The molecular formula is C21H24N2O3. The van der Waals surface area contributed by atoms with E-state index in [1.807, 2.05) is 57.2 Å². The van der Waals surface area contributed by atoms with Crippen LogP contribution in [0, 0.1) is 20.8 Å². The lowest BCUT2D eigenvalue weighted by Gasteiger charge is -2.20. The Morgan fingerprint density at radius 3 is 2.38 bits per heavy atom. The molecule has 1 heterocycles. The molecule has 2 aromatic carbocycles. The van der Waals surface area contributed by atoms with Crippen molar-refractivity contribution in [1.29, 1.82) is 0 Å². The van der Waals surface area contributed by atoms with E-state index in [1.165, 1.54) is 12.5 Å². The van der Waals surface area contributed by atoms with E-state index < -0.39 is 6.04 Å². The topological polar surface area (TPSA) is 58.6 Å². The zero-order valence-electron chi connectivity index (χ0n) is 15.6. The number of nitrogens with one attached hydrogen (secondary N) is 1. The first kappa shape index (κ1) is 18.0. The fraction of sp³-hybridized carbons (Fsp3) is 0.333. The van der Waals surface area contributed by atoms with Crippen molar-refractivity contribution in [2.75, 3.05) is 18.1 Å². The van der Waals surface area contributed by atoms with Crippen LogP contribution in [0.2, 0.25) is 0 Å². The summed E-state index contributed by atoms with van der Waals surface area (Å²) in [5, 5.41) is 2.79. The van der Waals surface area contributed by atoms with Gasteiger partial charge in [-0.05, 0) is 44.0 Å². The van der Waals surface area contributed by atoms with Gasteiger partial charge in [-0.15, -0.1) is 0 Å². The highest BCUT2D eigenvalue weighted by Crippen LogP contribution is 2.40. The molecule has 3 rings (SSSR count). The lowest BCUT2D eigenvalue weighted by molar-refractivity contribution is -0.126. The maximum Gasteiger partial charge on any atom is 0.254 e. The van der Waals surface area contributed by atoms with Gasteiger partial charge in [-0.2, -0.15) is 0 Å². The van der Waals surface area contributed by atoms with Crippen molar-refractivity contribution >= 4 is 17.5 Å². The third-order valence-corrected chi connectivity index (χ3v) is 4.66. The molecule has 0 saturated heterocycles. The molecule has 0 aliphatic carbocycles. The largest absolute Gasteiger partial charge is 0.492 e. The molecule has 26 heavy (non-hydrogen) atoms. The van der Waals surface area contributed by atoms with Crippen molar-refractivity contribution in [2.24, 2.45) is 0 Å². The maximum absolute atomic E-state index is 12.9. The summed E-state index contributed by atoms with van der Waals surface area (Å²) >= 11 is 0. The Morgan fingerprint density at radius 1 is 1.08 bits per heavy atom. The predicted octanol–water partition coefficient (Wildman–Crippen LogP) is 3.21. The smallest absolute Gasteiger partial charge is 0.254 e. The van der Waals surface area contributed by atoms with Crippen LogP contribution < -0.4 is 15.0 Å². The SMILES string of the molecule is CC(=O)N[C@H]1C(=O)N(CCOc2ccc(C)cc2)c2c(C)ccc(C)c21. The molecule has 2 aromatic rings. The number of carbonyl (C=O) groups excluding carboxylic acids is 2. The highest BCUT2D eigenvalue weighted by molar-refractivity contribution is 6.07. The summed E-state index contributed by atoms with van der Waals surface area (Å²) in [7, 11) is 0. The average molecular weight is 352 g/mol. The van der Waals surface area contributed by atoms with Crippen LogP contribution in [0.15, 0.2) is 36.4 Å². The van der Waals surface area contributed by atoms with Crippen LogP contribution in [0.25, 0.3) is 0 Å². The van der Waals surface area contributed by atoms with Crippen LogP contribution in [-0.2, 0) is 9.59 Å². The van der Waals surface area contributed by atoms with E-state index in [0.29, 0.717) is 13.2 Å². The molecule has 1 aliphatic heterocycles. The summed E-state index contributed by atoms with van der Waals surface area (Å²) in [5.74, 6) is 0.454. The number of hydrogen-bond acceptors (Lipinski definition) is 3. The monoisotopic (exact) mass is 352 g/mol. The number of hydrogen-bond donors (Lipinski definition) is 1. The van der Waals surface area contributed by atoms with Gasteiger partial charge in [0.05, 0.1) is 12.2 Å². The summed E-state index contributed by atoms with van der Waals surface area (Å²) in [6.07, 6.45) is 0. The van der Waals surface area contributed by atoms with Crippen molar-refractivity contribution in [3.8, 4) is 5.75 Å². The van der Waals surface area contributed by atoms with E-state index in [-0.39, 0.29) is 11.8 Å². The minimum Gasteiger partial charge on any atom is -0.492 e. The second kappa shape index (κ2) is 7.20. The van der Waals surface area contributed by atoms with Gasteiger partial charge in [0.25, 0.3) is 5.91 Å². The van der Waals surface area contributed by atoms with Gasteiger partial charge in [0.2, 0.25) is 5.91 Å². The van der Waals surface area contributed by atoms with Gasteiger partial charge < -0.3 is 15.0 Å². The number of nitrogens with zero attached hydrogens (tertiary/aromatic N) is 1. The Morgan fingerprint density at radius 2 is 1.73 bits per heavy atom. The molecule has 0 aromatic heterocycles. The molecule has 0 saturated carbocycles. The summed E-state index contributed by atoms with van der Waals surface area (Å²) in [4.78, 5) is 26.3. The first-order valence-corrected chi connectivity index (χ1v) is 8.76. The summed E-state index contributed by atoms with van der Waals surface area (Å²) in [6.45, 7) is 8.22. The molecule has 0 bridgehead atoms. The van der Waals surface area contributed by atoms with Crippen molar-refractivity contribution in [3.63, 3.8) is 0 Å². The Bertz CT molecular complexity index is 843. The number of fused-ring (bicyclic) bond motifs is 1. The van der Waals surface area contributed by atoms with Crippen LogP contribution in [-0.4, -0.2) is 25.0 Å². The maximum atomic E-state index is 12.9. The van der Waals surface area contributed by atoms with Crippen LogP contribution in [0.1, 0.15) is 35.2 Å². The van der Waals surface area contributed by atoms with Gasteiger partial charge in [0.1, 0.15) is 18.4 Å². The lowest BCUT2D eigenvalue weighted by Crippen LogP contribution is -2.38. The van der Waals surface area contributed by atoms with Gasteiger partial charge >= 0.3 is 0 Å². The Balaban J connectivity index is 1.81. The van der Waals surface area contributed by atoms with Gasteiger partial charge in [-0.3, -0.25) is 9.59 Å². The molecule has 0 radical (unpaired) electrons. The van der Waals surface area contributed by atoms with Crippen LogP contribution in [0.5, 0.6) is 5.75 Å². The normalized spacial score (nSPS) is 15.8. The molecule has 0 fully saturated rings. The molecule has 5 heteroatoms. The summed E-state index contributed by atoms with van der Waals surface area (Å²) < 4.78 is 5.79. The van der Waals surface area contributed by atoms with Gasteiger partial charge in [-0.1, -0.05) is 29.8 Å². The molecule has 1 atom stereocenters. The van der Waals surface area contributed by atoms with Crippen LogP contribution >= 0.6 is 0 Å². The number of benzene rings is 2. The van der Waals surface area contributed by atoms with Crippen molar-refractivity contribution < 1.29 is 14.3 Å². The van der Waals surface area contributed by atoms with E-state index in [4.69, 9.17) is 4.74 Å². The summed E-state index contributed by atoms with van der Waals surface area (Å²) in [6, 6.07) is 11.2. The quantitative estimate of drug-likeness (QED) is 0.899. The Kier molecular flexibility index (Phi) is 4.98. The van der Waals surface area contributed by atoms with E-state index in [2.05, 4.69) is 5.32 Å². The van der Waals surface area contributed by atoms with E-state index in [0.717, 1.165) is 28.1 Å². The number of rotatable bonds is 5. The second-order valence-corrected chi connectivity index (χ2v) is 6.75. The molecule has 0 spiro atoms. The third kappa shape index (κ3) is 3.43. The van der Waals surface area contributed by atoms with E-state index >= 15 is 0 Å². The summed E-state index contributed by atoms with van der Waals surface area (Å²) in [5.41, 5.74) is 4.97. The fourth-order valence-corrected chi connectivity index (χ4v) is 3.38. The molecule has 136 valence electrons. The molecule has 2 amide bonds. The Hall–Kier alpha value is -2.82. The predicted molar refractivity (Wildman–Crippen MR) is 102 cm³/mol. The van der Waals surface area contributed by atoms with Crippen LogP contribution in [0.3, 0.4) is 0 Å². The average Bonchev–Trinajstić information content (AvgIpc) is 2.86. The highest BCUT2D eigenvalue weighted by atomic mass is 16.5. The molecule has 5 nitrogen and oxygen atoms in total. The zero-order chi connectivity index (χ0) is 18.8. The first-order valence-electron chi connectivity index (χ1n) is 8.76. The number of aryl methyl sites for hydroxylation is 3. The molecule has 0 unspecified atom stereocenters. The van der Waals surface area contributed by atoms with Crippen molar-refractivity contribution in [2.45, 2.75) is 33.7 Å². The van der Waals surface area contributed by atoms with Crippen molar-refractivity contribution in [3.05, 3.63) is 58.7 Å². The second-order valence-electron chi connectivity index (χ2n) is 6.75. The minimum absolute atomic E-state index is 0.111. The number of ether oxygens (including phenoxy) is 1. The van der Waals surface area contributed by atoms with Crippen molar-refractivity contribution in [1.82, 2.24) is 5.32 Å². The third-order valence-electron chi connectivity index (χ3n) is 4.66. The minimum atomic E-state index is -0.623. The lowest BCUT2D eigenvalue weighted by atomic mass is 9.99. The molecule has 1 N–H and O–H groups in total. The Labute approximate surface area is 154 Å². The van der Waals surface area contributed by atoms with Gasteiger partial charge in [0.15, 0.2) is 0 Å². The van der Waals surface area contributed by atoms with Gasteiger partial charge in [-0.25, -0.2) is 0 Å². The van der Waals surface area contributed by atoms with Crippen LogP contribution in [0.4, 0.5) is 5.69 Å². The number of anilines is 1. The zero-order valence-corrected chi connectivity index (χ0v) is 15.6. The molecular weight excluding hydrogens is 328 g/mol. The number of carbonyl (C=O) groups is 2. The molecule has 1 aliphatic rings. The van der Waals surface area contributed by atoms with Gasteiger partial charge in [0, 0.05) is 12.5 Å². The fourth-order valence-electron chi connectivity index (χ4n) is 3.38. The number of amides is 2. The first-order chi connectivity index (χ1) is 12.4.